The van der Waals surface area contributed by atoms with E-state index in [1.807, 2.05) is 0 Å². The van der Waals surface area contributed by atoms with Crippen molar-refractivity contribution in [1.82, 2.24) is 5.32 Å². The molecule has 0 heterocycles. The minimum Gasteiger partial charge on any atom is -0.480 e. The molecule has 1 rings (SSSR count). The van der Waals surface area contributed by atoms with Crippen LogP contribution in [0.2, 0.25) is 0 Å². The summed E-state index contributed by atoms with van der Waals surface area (Å²) in [6.07, 6.45) is -0.158. The molecular weight excluding hydrogens is 320 g/mol. The zero-order valence-electron chi connectivity index (χ0n) is 13.2. The van der Waals surface area contributed by atoms with Gasteiger partial charge in [0, 0.05) is 17.7 Å². The number of nitro benzene ring substituents is 1. The van der Waals surface area contributed by atoms with Gasteiger partial charge in [0.05, 0.1) is 17.4 Å². The van der Waals surface area contributed by atoms with Gasteiger partial charge in [-0.1, -0.05) is 13.0 Å². The molecule has 24 heavy (non-hydrogen) atoms. The molecule has 0 fully saturated rings. The minimum absolute atomic E-state index is 0.0424. The van der Waals surface area contributed by atoms with Crippen molar-refractivity contribution in [3.63, 3.8) is 0 Å². The summed E-state index contributed by atoms with van der Waals surface area (Å²) < 4.78 is 4.80. The molecule has 0 spiro atoms. The van der Waals surface area contributed by atoms with Gasteiger partial charge in [0.15, 0.2) is 0 Å². The number of carboxylic acid groups (broad SMARTS) is 1. The van der Waals surface area contributed by atoms with Crippen LogP contribution in [0.15, 0.2) is 24.3 Å². The molecule has 130 valence electrons. The molecule has 0 aliphatic heterocycles. The maximum Gasteiger partial charge on any atom is 0.326 e. The van der Waals surface area contributed by atoms with Crippen LogP contribution in [0.3, 0.4) is 0 Å². The maximum atomic E-state index is 12.1. The summed E-state index contributed by atoms with van der Waals surface area (Å²) in [5, 5.41) is 22.2. The fourth-order valence-electron chi connectivity index (χ4n) is 1.96. The fraction of sp³-hybridized carbons (Fsp3) is 0.400. The Morgan fingerprint density at radius 1 is 1.38 bits per heavy atom. The van der Waals surface area contributed by atoms with Gasteiger partial charge in [0.2, 0.25) is 0 Å². The summed E-state index contributed by atoms with van der Waals surface area (Å²) in [4.78, 5) is 45.0. The third kappa shape index (κ3) is 5.34. The van der Waals surface area contributed by atoms with Gasteiger partial charge in [0.1, 0.15) is 6.04 Å². The predicted octanol–water partition coefficient (Wildman–Crippen LogP) is 1.37. The lowest BCUT2D eigenvalue weighted by Crippen LogP contribution is -2.42. The number of non-ortho nitro benzene ring substituents is 1. The van der Waals surface area contributed by atoms with E-state index in [1.54, 1.807) is 6.92 Å². The van der Waals surface area contributed by atoms with Gasteiger partial charge in [0.25, 0.3) is 11.6 Å². The van der Waals surface area contributed by atoms with Crippen molar-refractivity contribution in [2.24, 2.45) is 5.92 Å². The molecule has 9 nitrogen and oxygen atoms in total. The van der Waals surface area contributed by atoms with Gasteiger partial charge in [-0.15, -0.1) is 0 Å². The molecule has 1 amide bonds. The molecule has 0 saturated heterocycles. The van der Waals surface area contributed by atoms with Crippen molar-refractivity contribution in [3.8, 4) is 0 Å². The Balaban J connectivity index is 2.83. The third-order valence-electron chi connectivity index (χ3n) is 3.20. The van der Waals surface area contributed by atoms with Crippen LogP contribution in [0.5, 0.6) is 0 Å². The smallest absolute Gasteiger partial charge is 0.326 e. The van der Waals surface area contributed by atoms with Crippen LogP contribution in [0.4, 0.5) is 5.69 Å². The van der Waals surface area contributed by atoms with Gasteiger partial charge in [-0.25, -0.2) is 4.79 Å². The number of nitrogens with one attached hydrogen (secondary N) is 1. The van der Waals surface area contributed by atoms with Crippen molar-refractivity contribution in [2.45, 2.75) is 26.3 Å². The van der Waals surface area contributed by atoms with Crippen molar-refractivity contribution in [3.05, 3.63) is 39.9 Å². The molecule has 0 aromatic heterocycles. The number of esters is 1. The van der Waals surface area contributed by atoms with Gasteiger partial charge >= 0.3 is 11.9 Å². The maximum absolute atomic E-state index is 12.1. The number of carbonyl (C=O) groups excluding carboxylic acids is 2. The summed E-state index contributed by atoms with van der Waals surface area (Å²) in [5.74, 6) is -3.38. The number of carbonyl (C=O) groups is 3. The van der Waals surface area contributed by atoms with Crippen LogP contribution in [0.1, 0.15) is 30.6 Å². The number of nitrogens with zero attached hydrogens (tertiary/aromatic N) is 1. The molecule has 0 radical (unpaired) electrons. The van der Waals surface area contributed by atoms with Crippen LogP contribution >= 0.6 is 0 Å². The Morgan fingerprint density at radius 2 is 2.04 bits per heavy atom. The Labute approximate surface area is 137 Å². The third-order valence-corrected chi connectivity index (χ3v) is 3.20. The van der Waals surface area contributed by atoms with E-state index < -0.39 is 34.7 Å². The number of rotatable bonds is 8. The first kappa shape index (κ1) is 19.1. The number of hydrogen-bond acceptors (Lipinski definition) is 6. The first-order valence-electron chi connectivity index (χ1n) is 7.21. The molecular formula is C15H18N2O7. The Bertz CT molecular complexity index is 644. The van der Waals surface area contributed by atoms with Crippen molar-refractivity contribution >= 4 is 23.5 Å². The van der Waals surface area contributed by atoms with Crippen molar-refractivity contribution < 1.29 is 29.2 Å². The number of amides is 1. The van der Waals surface area contributed by atoms with Crippen LogP contribution < -0.4 is 5.32 Å². The van der Waals surface area contributed by atoms with Crippen molar-refractivity contribution in [1.29, 1.82) is 0 Å². The van der Waals surface area contributed by atoms with Gasteiger partial charge in [-0.2, -0.15) is 0 Å². The monoisotopic (exact) mass is 338 g/mol. The van der Waals surface area contributed by atoms with E-state index in [0.717, 1.165) is 6.07 Å². The molecule has 2 atom stereocenters. The largest absolute Gasteiger partial charge is 0.480 e. The number of nitro groups is 1. The molecule has 1 aromatic rings. The standard InChI is InChI=1S/C15H18N2O7/c1-3-24-15(21)9(2)7-12(14(19)20)16-13(18)10-5-4-6-11(8-10)17(22)23/h4-6,8-9,12H,3,7H2,1-2H3,(H,16,18)(H,19,20)/t9-,12+/m0/s1. The van der Waals surface area contributed by atoms with Crippen LogP contribution in [0.25, 0.3) is 0 Å². The van der Waals surface area contributed by atoms with Crippen LogP contribution in [0, 0.1) is 16.0 Å². The number of aliphatic carboxylic acids is 1. The second-order valence-corrected chi connectivity index (χ2v) is 5.06. The highest BCUT2D eigenvalue weighted by Gasteiger charge is 2.27. The van der Waals surface area contributed by atoms with Crippen LogP contribution in [-0.2, 0) is 14.3 Å². The Morgan fingerprint density at radius 3 is 2.58 bits per heavy atom. The average Bonchev–Trinajstić information content (AvgIpc) is 2.54. The summed E-state index contributed by atoms with van der Waals surface area (Å²) in [7, 11) is 0. The highest BCUT2D eigenvalue weighted by atomic mass is 16.6. The van der Waals surface area contributed by atoms with Gasteiger partial charge < -0.3 is 15.2 Å². The van der Waals surface area contributed by atoms with E-state index in [2.05, 4.69) is 5.32 Å². The zero-order chi connectivity index (χ0) is 18.3. The number of carboxylic acids is 1. The molecule has 0 aliphatic rings. The normalized spacial score (nSPS) is 12.8. The van der Waals surface area contributed by atoms with Crippen molar-refractivity contribution in [2.75, 3.05) is 6.61 Å². The highest BCUT2D eigenvalue weighted by molar-refractivity contribution is 5.97. The Kier molecular flexibility index (Phi) is 6.84. The SMILES string of the molecule is CCOC(=O)[C@@H](C)C[C@@H](NC(=O)c1cccc([N+](=O)[O-])c1)C(=O)O. The summed E-state index contributed by atoms with van der Waals surface area (Å²) in [6, 6.07) is 3.59. The van der Waals surface area contributed by atoms with E-state index in [9.17, 15) is 29.6 Å². The first-order valence-corrected chi connectivity index (χ1v) is 7.21. The Hall–Kier alpha value is -2.97. The lowest BCUT2D eigenvalue weighted by atomic mass is 10.0. The highest BCUT2D eigenvalue weighted by Crippen LogP contribution is 2.14. The zero-order valence-corrected chi connectivity index (χ0v) is 13.2. The molecule has 9 heteroatoms. The fourth-order valence-corrected chi connectivity index (χ4v) is 1.96. The van der Waals surface area contributed by atoms with E-state index in [-0.39, 0.29) is 24.3 Å². The first-order chi connectivity index (χ1) is 11.3. The number of hydrogen-bond donors (Lipinski definition) is 2. The predicted molar refractivity (Wildman–Crippen MR) is 82.4 cm³/mol. The molecule has 0 bridgehead atoms. The summed E-state index contributed by atoms with van der Waals surface area (Å²) in [5.41, 5.74) is -0.325. The molecule has 0 unspecified atom stereocenters. The minimum atomic E-state index is -1.32. The lowest BCUT2D eigenvalue weighted by molar-refractivity contribution is -0.384. The molecule has 2 N–H and O–H groups in total. The van der Waals surface area contributed by atoms with E-state index >= 15 is 0 Å². The van der Waals surface area contributed by atoms with E-state index in [1.165, 1.54) is 25.1 Å². The number of ether oxygens (including phenoxy) is 1. The second-order valence-electron chi connectivity index (χ2n) is 5.06. The quantitative estimate of drug-likeness (QED) is 0.415. The topological polar surface area (TPSA) is 136 Å². The summed E-state index contributed by atoms with van der Waals surface area (Å²) >= 11 is 0. The lowest BCUT2D eigenvalue weighted by Gasteiger charge is -2.18. The molecule has 0 aliphatic carbocycles. The average molecular weight is 338 g/mol. The van der Waals surface area contributed by atoms with Gasteiger partial charge in [-0.3, -0.25) is 19.7 Å². The summed E-state index contributed by atoms with van der Waals surface area (Å²) in [6.45, 7) is 3.29. The van der Waals surface area contributed by atoms with Crippen LogP contribution in [-0.4, -0.2) is 40.5 Å². The van der Waals surface area contributed by atoms with Gasteiger partial charge in [-0.05, 0) is 19.4 Å². The number of benzene rings is 1. The molecule has 0 saturated carbocycles. The molecule has 1 aromatic carbocycles. The second kappa shape index (κ2) is 8.61. The van der Waals surface area contributed by atoms with E-state index in [4.69, 9.17) is 4.74 Å². The van der Waals surface area contributed by atoms with E-state index in [0.29, 0.717) is 0 Å².